The van der Waals surface area contributed by atoms with Crippen molar-refractivity contribution in [3.8, 4) is 0 Å². The Hall–Kier alpha value is -0.675. The average molecular weight is 91.9 g/mol. The van der Waals surface area contributed by atoms with Crippen molar-refractivity contribution in [3.05, 3.63) is 29.9 Å². The van der Waals surface area contributed by atoms with Crippen LogP contribution in [0.1, 0.15) is 6.92 Å². The van der Waals surface area contributed by atoms with Crippen LogP contribution in [0.4, 0.5) is 0 Å². The largest absolute Gasteiger partial charge is 0.133 e. The quantitative estimate of drug-likeness (QED) is 0.255. The Morgan fingerprint density at radius 1 is 1.86 bits per heavy atom. The maximum absolute atomic E-state index is 3.41. The molecular formula is C6H9B. The van der Waals surface area contributed by atoms with Crippen molar-refractivity contribution in [3.63, 3.8) is 0 Å². The van der Waals surface area contributed by atoms with Gasteiger partial charge in [-0.15, -0.1) is 11.2 Å². The highest BCUT2D eigenvalue weighted by Gasteiger charge is 1.65. The van der Waals surface area contributed by atoms with Crippen LogP contribution in [0.25, 0.3) is 0 Å². The van der Waals surface area contributed by atoms with Crippen molar-refractivity contribution in [2.45, 2.75) is 6.92 Å². The summed E-state index contributed by atoms with van der Waals surface area (Å²) in [6.45, 7) is 5.44. The van der Waals surface area contributed by atoms with Crippen molar-refractivity contribution in [1.29, 1.82) is 0 Å². The summed E-state index contributed by atoms with van der Waals surface area (Å²) in [5.41, 5.74) is 3.92. The Bertz CT molecular complexity index is 112. The van der Waals surface area contributed by atoms with Gasteiger partial charge in [-0.25, -0.2) is 0 Å². The Kier molecular flexibility index (Phi) is 3.17. The highest BCUT2D eigenvalue weighted by Crippen LogP contribution is 1.80. The molecule has 0 radical (unpaired) electrons. The zero-order valence-electron chi connectivity index (χ0n) is 4.86. The maximum Gasteiger partial charge on any atom is 0.133 e. The van der Waals surface area contributed by atoms with Crippen LogP contribution in [-0.4, -0.2) is 7.85 Å². The van der Waals surface area contributed by atoms with Gasteiger partial charge in [0.15, 0.2) is 0 Å². The SMILES string of the molecule is B/C(C)=C/C=C=C. The van der Waals surface area contributed by atoms with Crippen LogP contribution in [0.15, 0.2) is 29.9 Å². The lowest BCUT2D eigenvalue weighted by Gasteiger charge is -1.75. The van der Waals surface area contributed by atoms with Gasteiger partial charge in [0.2, 0.25) is 0 Å². The van der Waals surface area contributed by atoms with Gasteiger partial charge in [-0.3, -0.25) is 0 Å². The molecule has 0 aromatic heterocycles. The molecule has 0 unspecified atom stereocenters. The lowest BCUT2D eigenvalue weighted by molar-refractivity contribution is 1.66. The lowest BCUT2D eigenvalue weighted by atomic mass is 9.98. The first-order chi connectivity index (χ1) is 3.27. The topological polar surface area (TPSA) is 0 Å². The first-order valence-corrected chi connectivity index (χ1v) is 2.26. The van der Waals surface area contributed by atoms with Gasteiger partial charge in [0.25, 0.3) is 0 Å². The first-order valence-electron chi connectivity index (χ1n) is 2.26. The molecule has 0 N–H and O–H groups in total. The van der Waals surface area contributed by atoms with E-state index in [-0.39, 0.29) is 0 Å². The molecule has 0 amide bonds. The summed E-state index contributed by atoms with van der Waals surface area (Å²) < 4.78 is 0. The lowest BCUT2D eigenvalue weighted by Crippen LogP contribution is -1.64. The Labute approximate surface area is 45.6 Å². The van der Waals surface area contributed by atoms with E-state index in [0.717, 1.165) is 0 Å². The number of hydrogen-bond acceptors (Lipinski definition) is 0. The molecule has 0 rings (SSSR count). The monoisotopic (exact) mass is 92.1 g/mol. The zero-order chi connectivity index (χ0) is 5.70. The molecule has 0 aromatic carbocycles. The van der Waals surface area contributed by atoms with E-state index in [4.69, 9.17) is 0 Å². The molecule has 0 nitrogen and oxygen atoms in total. The molecule has 0 aliphatic heterocycles. The van der Waals surface area contributed by atoms with Gasteiger partial charge in [-0.1, -0.05) is 19.6 Å². The Morgan fingerprint density at radius 3 is 2.57 bits per heavy atom. The predicted octanol–water partition coefficient (Wildman–Crippen LogP) is 0.864. The molecule has 0 aliphatic rings. The molecule has 0 aliphatic carbocycles. The third-order valence-electron chi connectivity index (χ3n) is 0.535. The summed E-state index contributed by atoms with van der Waals surface area (Å²) in [5, 5.41) is 0. The second kappa shape index (κ2) is 3.51. The van der Waals surface area contributed by atoms with Gasteiger partial charge in [0.05, 0.1) is 0 Å². The van der Waals surface area contributed by atoms with Gasteiger partial charge in [-0.05, 0) is 6.08 Å². The van der Waals surface area contributed by atoms with E-state index >= 15 is 0 Å². The zero-order valence-corrected chi connectivity index (χ0v) is 4.86. The second-order valence-corrected chi connectivity index (χ2v) is 1.61. The van der Waals surface area contributed by atoms with Gasteiger partial charge < -0.3 is 0 Å². The second-order valence-electron chi connectivity index (χ2n) is 1.61. The smallest absolute Gasteiger partial charge is 0.129 e. The minimum absolute atomic E-state index is 1.27. The number of rotatable bonds is 1. The third-order valence-corrected chi connectivity index (χ3v) is 0.535. The van der Waals surface area contributed by atoms with Crippen LogP contribution in [-0.2, 0) is 0 Å². The molecule has 0 saturated carbocycles. The van der Waals surface area contributed by atoms with Crippen molar-refractivity contribution < 1.29 is 0 Å². The minimum Gasteiger partial charge on any atom is -0.129 e. The van der Waals surface area contributed by atoms with E-state index in [1.54, 1.807) is 6.08 Å². The van der Waals surface area contributed by atoms with Crippen LogP contribution in [0.2, 0.25) is 0 Å². The summed E-state index contributed by atoms with van der Waals surface area (Å²) in [4.78, 5) is 0. The third kappa shape index (κ3) is 5.32. The van der Waals surface area contributed by atoms with E-state index in [1.165, 1.54) is 5.47 Å². The average Bonchev–Trinajstić information content (AvgIpc) is 1.61. The van der Waals surface area contributed by atoms with Crippen molar-refractivity contribution >= 4 is 7.85 Å². The van der Waals surface area contributed by atoms with Crippen LogP contribution in [0.3, 0.4) is 0 Å². The fraction of sp³-hybridized carbons (Fsp3) is 0.167. The van der Waals surface area contributed by atoms with Crippen molar-refractivity contribution in [2.24, 2.45) is 0 Å². The molecule has 36 valence electrons. The fourth-order valence-corrected chi connectivity index (χ4v) is 0.226. The van der Waals surface area contributed by atoms with Crippen LogP contribution in [0.5, 0.6) is 0 Å². The molecule has 0 spiro atoms. The summed E-state index contributed by atoms with van der Waals surface area (Å²) in [6, 6.07) is 0. The molecule has 0 atom stereocenters. The summed E-state index contributed by atoms with van der Waals surface area (Å²) in [6.07, 6.45) is 3.77. The standard InChI is InChI=1S/C6H9B/c1-3-4-5-6(2)7/h4-5H,1,7H2,2H3/b6-5+. The van der Waals surface area contributed by atoms with Gasteiger partial charge in [0.1, 0.15) is 7.85 Å². The number of hydrogen-bond donors (Lipinski definition) is 0. The molecule has 0 saturated heterocycles. The molecule has 0 heterocycles. The van der Waals surface area contributed by atoms with Gasteiger partial charge >= 0.3 is 0 Å². The van der Waals surface area contributed by atoms with E-state index in [9.17, 15) is 0 Å². The van der Waals surface area contributed by atoms with E-state index in [0.29, 0.717) is 0 Å². The van der Waals surface area contributed by atoms with Crippen molar-refractivity contribution in [2.75, 3.05) is 0 Å². The fourth-order valence-electron chi connectivity index (χ4n) is 0.226. The molecule has 7 heavy (non-hydrogen) atoms. The first kappa shape index (κ1) is 6.32. The maximum atomic E-state index is 3.41. The minimum atomic E-state index is 1.27. The molecular weight excluding hydrogens is 82.9 g/mol. The highest BCUT2D eigenvalue weighted by molar-refractivity contribution is 6.21. The number of allylic oxidation sites excluding steroid dienone is 3. The molecule has 1 heteroatoms. The van der Waals surface area contributed by atoms with E-state index in [1.807, 2.05) is 20.8 Å². The highest BCUT2D eigenvalue weighted by atomic mass is 13.6. The van der Waals surface area contributed by atoms with Crippen LogP contribution >= 0.6 is 0 Å². The molecule has 0 fully saturated rings. The van der Waals surface area contributed by atoms with Crippen LogP contribution in [0, 0.1) is 0 Å². The Morgan fingerprint density at radius 2 is 2.43 bits per heavy atom. The van der Waals surface area contributed by atoms with Gasteiger partial charge in [0, 0.05) is 0 Å². The van der Waals surface area contributed by atoms with E-state index < -0.39 is 0 Å². The van der Waals surface area contributed by atoms with Crippen LogP contribution < -0.4 is 0 Å². The van der Waals surface area contributed by atoms with E-state index in [2.05, 4.69) is 12.3 Å². The van der Waals surface area contributed by atoms with Gasteiger partial charge in [-0.2, -0.15) is 0 Å². The summed E-state index contributed by atoms with van der Waals surface area (Å²) in [7, 11) is 2.04. The summed E-state index contributed by atoms with van der Waals surface area (Å²) >= 11 is 0. The normalized spacial score (nSPS) is 10.1. The predicted molar refractivity (Wildman–Crippen MR) is 36.0 cm³/mol. The summed E-state index contributed by atoms with van der Waals surface area (Å²) in [5.74, 6) is 0. The molecule has 0 bridgehead atoms. The molecule has 0 aromatic rings. The Balaban J connectivity index is 3.69. The van der Waals surface area contributed by atoms with Crippen molar-refractivity contribution in [1.82, 2.24) is 0 Å².